The summed E-state index contributed by atoms with van der Waals surface area (Å²) in [6.07, 6.45) is -5.25. The summed E-state index contributed by atoms with van der Waals surface area (Å²) < 4.78 is 52.8. The Kier molecular flexibility index (Phi) is 4.12. The highest BCUT2D eigenvalue weighted by molar-refractivity contribution is 5.41. The molecule has 0 amide bonds. The Morgan fingerprint density at radius 3 is 2.44 bits per heavy atom. The number of halogens is 4. The van der Waals surface area contributed by atoms with Crippen molar-refractivity contribution in [2.45, 2.75) is 19.2 Å². The number of hydrogen-bond donors (Lipinski definition) is 1. The van der Waals surface area contributed by atoms with E-state index in [1.54, 1.807) is 0 Å². The fourth-order valence-electron chi connectivity index (χ4n) is 1.14. The van der Waals surface area contributed by atoms with E-state index in [-0.39, 0.29) is 12.3 Å². The lowest BCUT2D eigenvalue weighted by Gasteiger charge is -2.07. The van der Waals surface area contributed by atoms with E-state index < -0.39 is 25.0 Å². The molecule has 0 fully saturated rings. The molecule has 1 aromatic carbocycles. The fraction of sp³-hybridized carbons (Fsp3) is 0.400. The van der Waals surface area contributed by atoms with E-state index in [4.69, 9.17) is 10.5 Å². The SMILES string of the molecule is Nc1cc(F)cc(COCCC(F)(F)F)c1. The molecule has 0 unspecified atom stereocenters. The zero-order valence-corrected chi connectivity index (χ0v) is 8.35. The average Bonchev–Trinajstić information content (AvgIpc) is 2.09. The topological polar surface area (TPSA) is 35.2 Å². The number of benzene rings is 1. The lowest BCUT2D eigenvalue weighted by molar-refractivity contribution is -0.146. The molecule has 90 valence electrons. The van der Waals surface area contributed by atoms with Gasteiger partial charge >= 0.3 is 6.18 Å². The van der Waals surface area contributed by atoms with Gasteiger partial charge in [0.1, 0.15) is 5.82 Å². The van der Waals surface area contributed by atoms with E-state index in [1.165, 1.54) is 12.1 Å². The van der Waals surface area contributed by atoms with Crippen molar-refractivity contribution < 1.29 is 22.3 Å². The van der Waals surface area contributed by atoms with Gasteiger partial charge in [0.15, 0.2) is 0 Å². The predicted molar refractivity (Wildman–Crippen MR) is 51.1 cm³/mol. The molecule has 1 rings (SSSR count). The molecule has 0 aliphatic rings. The number of anilines is 1. The van der Waals surface area contributed by atoms with Gasteiger partial charge in [-0.3, -0.25) is 0 Å². The number of ether oxygens (including phenoxy) is 1. The third-order valence-electron chi connectivity index (χ3n) is 1.78. The Morgan fingerprint density at radius 1 is 1.19 bits per heavy atom. The number of alkyl halides is 3. The Bertz CT molecular complexity index is 331. The van der Waals surface area contributed by atoms with E-state index in [2.05, 4.69) is 0 Å². The molecule has 6 heteroatoms. The lowest BCUT2D eigenvalue weighted by atomic mass is 10.2. The molecular formula is C10H11F4NO. The van der Waals surface area contributed by atoms with Crippen LogP contribution < -0.4 is 5.73 Å². The summed E-state index contributed by atoms with van der Waals surface area (Å²) >= 11 is 0. The molecule has 16 heavy (non-hydrogen) atoms. The molecule has 0 saturated carbocycles. The Balaban J connectivity index is 2.37. The second-order valence-electron chi connectivity index (χ2n) is 3.31. The van der Waals surface area contributed by atoms with Crippen LogP contribution in [0.4, 0.5) is 23.2 Å². The summed E-state index contributed by atoms with van der Waals surface area (Å²) in [5.74, 6) is -0.533. The summed E-state index contributed by atoms with van der Waals surface area (Å²) in [6, 6.07) is 3.75. The van der Waals surface area contributed by atoms with Gasteiger partial charge in [0, 0.05) is 5.69 Å². The third kappa shape index (κ3) is 4.97. The van der Waals surface area contributed by atoms with Gasteiger partial charge in [0.05, 0.1) is 19.6 Å². The highest BCUT2D eigenvalue weighted by Crippen LogP contribution is 2.19. The van der Waals surface area contributed by atoms with Crippen molar-refractivity contribution in [1.29, 1.82) is 0 Å². The first-order chi connectivity index (χ1) is 7.37. The Labute approximate surface area is 90.0 Å². The molecule has 0 aliphatic heterocycles. The third-order valence-corrected chi connectivity index (χ3v) is 1.78. The van der Waals surface area contributed by atoms with Crippen molar-refractivity contribution in [3.63, 3.8) is 0 Å². The summed E-state index contributed by atoms with van der Waals surface area (Å²) in [5.41, 5.74) is 5.99. The van der Waals surface area contributed by atoms with Crippen LogP contribution in [-0.2, 0) is 11.3 Å². The van der Waals surface area contributed by atoms with Crippen LogP contribution in [0, 0.1) is 5.82 Å². The molecule has 0 radical (unpaired) electrons. The zero-order valence-electron chi connectivity index (χ0n) is 8.35. The van der Waals surface area contributed by atoms with Gasteiger partial charge in [-0.2, -0.15) is 13.2 Å². The van der Waals surface area contributed by atoms with Crippen molar-refractivity contribution in [3.8, 4) is 0 Å². The lowest BCUT2D eigenvalue weighted by Crippen LogP contribution is -2.11. The van der Waals surface area contributed by atoms with E-state index in [1.807, 2.05) is 0 Å². The molecule has 0 aliphatic carbocycles. The van der Waals surface area contributed by atoms with Crippen LogP contribution in [-0.4, -0.2) is 12.8 Å². The number of nitrogens with two attached hydrogens (primary N) is 1. The molecule has 2 nitrogen and oxygen atoms in total. The van der Waals surface area contributed by atoms with Crippen molar-refractivity contribution in [2.24, 2.45) is 0 Å². The zero-order chi connectivity index (χ0) is 12.2. The first-order valence-corrected chi connectivity index (χ1v) is 4.56. The van der Waals surface area contributed by atoms with Crippen LogP contribution in [0.15, 0.2) is 18.2 Å². The molecule has 0 heterocycles. The fourth-order valence-corrected chi connectivity index (χ4v) is 1.14. The van der Waals surface area contributed by atoms with Gasteiger partial charge < -0.3 is 10.5 Å². The van der Waals surface area contributed by atoms with Gasteiger partial charge in [-0.25, -0.2) is 4.39 Å². The maximum Gasteiger partial charge on any atom is 0.391 e. The summed E-state index contributed by atoms with van der Waals surface area (Å²) in [6.45, 7) is -0.530. The second-order valence-corrected chi connectivity index (χ2v) is 3.31. The largest absolute Gasteiger partial charge is 0.399 e. The van der Waals surface area contributed by atoms with Gasteiger partial charge in [-0.1, -0.05) is 0 Å². The van der Waals surface area contributed by atoms with Gasteiger partial charge in [-0.05, 0) is 23.8 Å². The predicted octanol–water partition coefficient (Wildman–Crippen LogP) is 2.88. The second kappa shape index (κ2) is 5.16. The summed E-state index contributed by atoms with van der Waals surface area (Å²) in [4.78, 5) is 0. The van der Waals surface area contributed by atoms with Crippen molar-refractivity contribution >= 4 is 5.69 Å². The minimum atomic E-state index is -4.24. The van der Waals surface area contributed by atoms with Crippen molar-refractivity contribution in [2.75, 3.05) is 12.3 Å². The van der Waals surface area contributed by atoms with Crippen molar-refractivity contribution in [1.82, 2.24) is 0 Å². The van der Waals surface area contributed by atoms with E-state index in [0.29, 0.717) is 5.56 Å². The van der Waals surface area contributed by atoms with Crippen LogP contribution in [0.1, 0.15) is 12.0 Å². The normalized spacial score (nSPS) is 11.8. The first-order valence-electron chi connectivity index (χ1n) is 4.56. The Hall–Kier alpha value is -1.30. The maximum atomic E-state index is 12.8. The smallest absolute Gasteiger partial charge is 0.391 e. The summed E-state index contributed by atoms with van der Waals surface area (Å²) in [7, 11) is 0. The van der Waals surface area contributed by atoms with Crippen LogP contribution in [0.5, 0.6) is 0 Å². The number of rotatable bonds is 4. The number of nitrogen functional groups attached to an aromatic ring is 1. The standard InChI is InChI=1S/C10H11F4NO/c11-8-3-7(4-9(15)5-8)6-16-2-1-10(12,13)14/h3-5H,1-2,6,15H2. The molecular weight excluding hydrogens is 226 g/mol. The van der Waals surface area contributed by atoms with E-state index >= 15 is 0 Å². The van der Waals surface area contributed by atoms with E-state index in [0.717, 1.165) is 6.07 Å². The molecule has 0 bridgehead atoms. The van der Waals surface area contributed by atoms with Crippen LogP contribution in [0.25, 0.3) is 0 Å². The minimum Gasteiger partial charge on any atom is -0.399 e. The van der Waals surface area contributed by atoms with Crippen LogP contribution >= 0.6 is 0 Å². The molecule has 0 saturated heterocycles. The molecule has 0 spiro atoms. The molecule has 0 aromatic heterocycles. The molecule has 2 N–H and O–H groups in total. The van der Waals surface area contributed by atoms with Crippen molar-refractivity contribution in [3.05, 3.63) is 29.6 Å². The van der Waals surface area contributed by atoms with Crippen LogP contribution in [0.3, 0.4) is 0 Å². The maximum absolute atomic E-state index is 12.8. The first kappa shape index (κ1) is 12.8. The highest BCUT2D eigenvalue weighted by atomic mass is 19.4. The van der Waals surface area contributed by atoms with Crippen LogP contribution in [0.2, 0.25) is 0 Å². The average molecular weight is 237 g/mol. The van der Waals surface area contributed by atoms with E-state index in [9.17, 15) is 17.6 Å². The molecule has 1 aromatic rings. The monoisotopic (exact) mass is 237 g/mol. The number of hydrogen-bond acceptors (Lipinski definition) is 2. The minimum absolute atomic E-state index is 0.0853. The van der Waals surface area contributed by atoms with Gasteiger partial charge in [-0.15, -0.1) is 0 Å². The van der Waals surface area contributed by atoms with Gasteiger partial charge in [0.2, 0.25) is 0 Å². The Morgan fingerprint density at radius 2 is 1.88 bits per heavy atom. The quantitative estimate of drug-likeness (QED) is 0.496. The highest BCUT2D eigenvalue weighted by Gasteiger charge is 2.26. The van der Waals surface area contributed by atoms with Gasteiger partial charge in [0.25, 0.3) is 0 Å². The summed E-state index contributed by atoms with van der Waals surface area (Å²) in [5, 5.41) is 0. The molecule has 0 atom stereocenters.